The van der Waals surface area contributed by atoms with Crippen LogP contribution in [0, 0.1) is 0 Å². The summed E-state index contributed by atoms with van der Waals surface area (Å²) in [6.07, 6.45) is 0.280. The molecule has 0 saturated heterocycles. The van der Waals surface area contributed by atoms with Crippen LogP contribution in [0.4, 0.5) is 5.69 Å². The molecule has 6 nitrogen and oxygen atoms in total. The summed E-state index contributed by atoms with van der Waals surface area (Å²) < 4.78 is 29.1. The molecule has 0 fully saturated rings. The van der Waals surface area contributed by atoms with E-state index in [-0.39, 0.29) is 16.9 Å². The van der Waals surface area contributed by atoms with Gasteiger partial charge in [-0.15, -0.1) is 0 Å². The first-order valence-electron chi connectivity index (χ1n) is 8.89. The third-order valence-corrected chi connectivity index (χ3v) is 6.93. The molecule has 0 saturated carbocycles. The van der Waals surface area contributed by atoms with Gasteiger partial charge in [-0.1, -0.05) is 35.3 Å². The first kappa shape index (κ1) is 20.7. The van der Waals surface area contributed by atoms with Gasteiger partial charge in [0.05, 0.1) is 10.5 Å². The molecule has 0 aliphatic carbocycles. The van der Waals surface area contributed by atoms with Gasteiger partial charge < -0.3 is 10.4 Å². The number of aromatic carboxylic acids is 1. The molecule has 1 unspecified atom stereocenters. The predicted molar refractivity (Wildman–Crippen MR) is 116 cm³/mol. The van der Waals surface area contributed by atoms with Crippen molar-refractivity contribution in [2.24, 2.45) is 0 Å². The maximum atomic E-state index is 13.2. The van der Waals surface area contributed by atoms with E-state index in [2.05, 4.69) is 10.0 Å². The number of carbonyl (C=O) groups is 1. The van der Waals surface area contributed by atoms with E-state index in [1.54, 1.807) is 30.3 Å². The van der Waals surface area contributed by atoms with Gasteiger partial charge in [-0.25, -0.2) is 13.2 Å². The van der Waals surface area contributed by atoms with E-state index in [1.807, 2.05) is 0 Å². The number of carboxylic acid groups (broad SMARTS) is 1. The van der Waals surface area contributed by atoms with Crippen molar-refractivity contribution in [1.82, 2.24) is 4.72 Å². The molecule has 3 aromatic rings. The van der Waals surface area contributed by atoms with Crippen LogP contribution in [0.2, 0.25) is 10.0 Å². The van der Waals surface area contributed by atoms with Crippen LogP contribution in [0.3, 0.4) is 0 Å². The molecule has 0 aromatic heterocycles. The van der Waals surface area contributed by atoms with Gasteiger partial charge in [-0.3, -0.25) is 0 Å². The zero-order chi connectivity index (χ0) is 21.5. The molecule has 0 spiro atoms. The van der Waals surface area contributed by atoms with E-state index in [4.69, 9.17) is 23.2 Å². The molecule has 9 heteroatoms. The lowest BCUT2D eigenvalue weighted by molar-refractivity contribution is 0.0696. The molecule has 1 aliphatic rings. The second-order valence-electron chi connectivity index (χ2n) is 6.95. The van der Waals surface area contributed by atoms with Crippen LogP contribution < -0.4 is 10.0 Å². The zero-order valence-corrected chi connectivity index (χ0v) is 17.7. The standard InChI is InChI=1S/C21H16Cl2N2O4S/c22-16-5-8-18(9-6-16)30(28,29)25-21(15-3-1-13(2-4-15)20(26)27)12-14-11-17(23)7-10-19(14)24-21/h1-11,24-25H,12H2,(H,26,27). The minimum absolute atomic E-state index is 0.0595. The Morgan fingerprint density at radius 1 is 0.967 bits per heavy atom. The number of nitrogens with one attached hydrogen (secondary N) is 2. The molecular formula is C21H16Cl2N2O4S. The molecule has 0 amide bonds. The first-order chi connectivity index (χ1) is 14.2. The van der Waals surface area contributed by atoms with Crippen molar-refractivity contribution in [3.8, 4) is 0 Å². The van der Waals surface area contributed by atoms with Crippen LogP contribution in [0.5, 0.6) is 0 Å². The predicted octanol–water partition coefficient (Wildman–Crippen LogP) is 4.49. The van der Waals surface area contributed by atoms with Crippen molar-refractivity contribution < 1.29 is 18.3 Å². The second-order valence-corrected chi connectivity index (χ2v) is 9.51. The lowest BCUT2D eigenvalue weighted by Gasteiger charge is -2.32. The van der Waals surface area contributed by atoms with Crippen molar-refractivity contribution in [2.45, 2.75) is 17.0 Å². The number of benzene rings is 3. The topological polar surface area (TPSA) is 95.5 Å². The van der Waals surface area contributed by atoms with Crippen molar-refractivity contribution in [1.29, 1.82) is 0 Å². The Morgan fingerprint density at radius 3 is 2.23 bits per heavy atom. The molecule has 1 atom stereocenters. The van der Waals surface area contributed by atoms with Crippen LogP contribution in [0.25, 0.3) is 0 Å². The van der Waals surface area contributed by atoms with Crippen LogP contribution in [0.15, 0.2) is 71.6 Å². The van der Waals surface area contributed by atoms with E-state index < -0.39 is 21.7 Å². The number of rotatable bonds is 5. The van der Waals surface area contributed by atoms with Crippen molar-refractivity contribution in [3.63, 3.8) is 0 Å². The second kappa shape index (κ2) is 7.59. The highest BCUT2D eigenvalue weighted by atomic mass is 35.5. The molecule has 0 radical (unpaired) electrons. The van der Waals surface area contributed by atoms with Crippen LogP contribution >= 0.6 is 23.2 Å². The van der Waals surface area contributed by atoms with Crippen molar-refractivity contribution in [2.75, 3.05) is 5.32 Å². The molecule has 1 aliphatic heterocycles. The highest BCUT2D eigenvalue weighted by Crippen LogP contribution is 2.39. The van der Waals surface area contributed by atoms with E-state index >= 15 is 0 Å². The SMILES string of the molecule is O=C(O)c1ccc(C2(NS(=O)(=O)c3ccc(Cl)cc3)Cc3cc(Cl)ccc3N2)cc1. The number of anilines is 1. The lowest BCUT2D eigenvalue weighted by Crippen LogP contribution is -2.50. The molecule has 30 heavy (non-hydrogen) atoms. The Kier molecular flexibility index (Phi) is 5.23. The monoisotopic (exact) mass is 462 g/mol. The lowest BCUT2D eigenvalue weighted by atomic mass is 9.95. The number of fused-ring (bicyclic) bond motifs is 1. The summed E-state index contributed by atoms with van der Waals surface area (Å²) >= 11 is 12.0. The number of hydrogen-bond donors (Lipinski definition) is 3. The normalized spacial score (nSPS) is 17.9. The van der Waals surface area contributed by atoms with Crippen LogP contribution in [-0.4, -0.2) is 19.5 Å². The molecular weight excluding hydrogens is 447 g/mol. The first-order valence-corrected chi connectivity index (χ1v) is 11.1. The summed E-state index contributed by atoms with van der Waals surface area (Å²) in [6, 6.07) is 17.2. The van der Waals surface area contributed by atoms with Gasteiger partial charge >= 0.3 is 5.97 Å². The summed E-state index contributed by atoms with van der Waals surface area (Å²) in [4.78, 5) is 11.3. The molecule has 3 N–H and O–H groups in total. The number of sulfonamides is 1. The fraction of sp³-hybridized carbons (Fsp3) is 0.0952. The van der Waals surface area contributed by atoms with E-state index in [9.17, 15) is 18.3 Å². The molecule has 1 heterocycles. The fourth-order valence-electron chi connectivity index (χ4n) is 3.48. The quantitative estimate of drug-likeness (QED) is 0.518. The average molecular weight is 463 g/mol. The maximum Gasteiger partial charge on any atom is 0.335 e. The van der Waals surface area contributed by atoms with Gasteiger partial charge in [-0.2, -0.15) is 4.72 Å². The third-order valence-electron chi connectivity index (χ3n) is 4.93. The van der Waals surface area contributed by atoms with Gasteiger partial charge in [0.15, 0.2) is 0 Å². The van der Waals surface area contributed by atoms with Gasteiger partial charge in [0.2, 0.25) is 10.0 Å². The summed E-state index contributed by atoms with van der Waals surface area (Å²) in [6.45, 7) is 0. The largest absolute Gasteiger partial charge is 0.478 e. The van der Waals surface area contributed by atoms with E-state index in [0.29, 0.717) is 15.6 Å². The molecule has 0 bridgehead atoms. The number of hydrogen-bond acceptors (Lipinski definition) is 4. The summed E-state index contributed by atoms with van der Waals surface area (Å²) in [5.74, 6) is -1.06. The Balaban J connectivity index is 1.79. The summed E-state index contributed by atoms with van der Waals surface area (Å²) in [7, 11) is -3.94. The maximum absolute atomic E-state index is 13.2. The Morgan fingerprint density at radius 2 is 1.60 bits per heavy atom. The molecule has 154 valence electrons. The van der Waals surface area contributed by atoms with Gasteiger partial charge in [-0.05, 0) is 65.7 Å². The van der Waals surface area contributed by atoms with Crippen LogP contribution in [0.1, 0.15) is 21.5 Å². The molecule has 3 aromatic carbocycles. The zero-order valence-electron chi connectivity index (χ0n) is 15.4. The van der Waals surface area contributed by atoms with Gasteiger partial charge in [0.1, 0.15) is 5.66 Å². The van der Waals surface area contributed by atoms with Crippen molar-refractivity contribution >= 4 is 44.9 Å². The third kappa shape index (κ3) is 3.89. The van der Waals surface area contributed by atoms with E-state index in [0.717, 1.165) is 11.3 Å². The fourth-order valence-corrected chi connectivity index (χ4v) is 5.12. The Bertz CT molecular complexity index is 1230. The van der Waals surface area contributed by atoms with Gasteiger partial charge in [0, 0.05) is 22.2 Å². The highest BCUT2D eigenvalue weighted by molar-refractivity contribution is 7.89. The smallest absolute Gasteiger partial charge is 0.335 e. The van der Waals surface area contributed by atoms with Gasteiger partial charge in [0.25, 0.3) is 0 Å². The minimum Gasteiger partial charge on any atom is -0.478 e. The summed E-state index contributed by atoms with van der Waals surface area (Å²) in [5, 5.41) is 13.4. The Hall–Kier alpha value is -2.58. The number of carboxylic acids is 1. The molecule has 4 rings (SSSR count). The van der Waals surface area contributed by atoms with Crippen molar-refractivity contribution in [3.05, 3.63) is 93.5 Å². The van der Waals surface area contributed by atoms with E-state index in [1.165, 1.54) is 36.4 Å². The number of halogens is 2. The minimum atomic E-state index is -3.94. The summed E-state index contributed by atoms with van der Waals surface area (Å²) in [5.41, 5.74) is 1.03. The highest BCUT2D eigenvalue weighted by Gasteiger charge is 2.42. The van der Waals surface area contributed by atoms with Crippen LogP contribution in [-0.2, 0) is 22.1 Å². The Labute approximate surface area is 183 Å². The average Bonchev–Trinajstić information content (AvgIpc) is 3.06.